The van der Waals surface area contributed by atoms with Crippen LogP contribution in [-0.4, -0.2) is 29.9 Å². The van der Waals surface area contributed by atoms with Gasteiger partial charge in [-0.2, -0.15) is 0 Å². The quantitative estimate of drug-likeness (QED) is 0.629. The van der Waals surface area contributed by atoms with E-state index in [0.717, 1.165) is 33.5 Å². The van der Waals surface area contributed by atoms with E-state index in [1.54, 1.807) is 13.3 Å². The summed E-state index contributed by atoms with van der Waals surface area (Å²) in [6, 6.07) is 18.4. The molecule has 1 unspecified atom stereocenters. The molecule has 3 aromatic rings. The zero-order chi connectivity index (χ0) is 20.5. The summed E-state index contributed by atoms with van der Waals surface area (Å²) in [7, 11) is 1.61. The van der Waals surface area contributed by atoms with Crippen molar-refractivity contribution in [3.05, 3.63) is 94.2 Å². The van der Waals surface area contributed by atoms with Crippen LogP contribution in [0.2, 0.25) is 0 Å². The Morgan fingerprint density at radius 1 is 1.07 bits per heavy atom. The molecular formula is C25H22N2O3. The summed E-state index contributed by atoms with van der Waals surface area (Å²) in [5.74, 6) is 0.410. The number of aliphatic imine (C=N–C) groups is 1. The minimum Gasteiger partial charge on any atom is -0.481 e. The van der Waals surface area contributed by atoms with E-state index in [0.29, 0.717) is 31.7 Å². The molecule has 30 heavy (non-hydrogen) atoms. The fraction of sp³-hybridized carbons (Fsp3) is 0.240. The molecule has 1 atom stereocenters. The third-order valence-corrected chi connectivity index (χ3v) is 5.69. The van der Waals surface area contributed by atoms with E-state index < -0.39 is 0 Å². The van der Waals surface area contributed by atoms with E-state index >= 15 is 0 Å². The van der Waals surface area contributed by atoms with Crippen molar-refractivity contribution in [1.82, 2.24) is 4.98 Å². The number of aromatic nitrogens is 1. The van der Waals surface area contributed by atoms with Crippen molar-refractivity contribution in [3.8, 4) is 5.88 Å². The predicted molar refractivity (Wildman–Crippen MR) is 114 cm³/mol. The van der Waals surface area contributed by atoms with E-state index in [-0.39, 0.29) is 12.1 Å². The Kier molecular flexibility index (Phi) is 4.79. The third-order valence-electron chi connectivity index (χ3n) is 5.69. The lowest BCUT2D eigenvalue weighted by Gasteiger charge is -2.16. The second-order valence-corrected chi connectivity index (χ2v) is 7.71. The average molecular weight is 398 g/mol. The van der Waals surface area contributed by atoms with Gasteiger partial charge in [-0.1, -0.05) is 36.4 Å². The number of methoxy groups -OCH3 is 1. The zero-order valence-corrected chi connectivity index (χ0v) is 16.8. The number of benzene rings is 2. The third kappa shape index (κ3) is 3.59. The Bertz CT molecular complexity index is 1140. The van der Waals surface area contributed by atoms with E-state index in [1.807, 2.05) is 30.3 Å². The maximum atomic E-state index is 12.4. The molecule has 1 aromatic heterocycles. The smallest absolute Gasteiger partial charge is 0.310 e. The standard InChI is InChI=1S/C25H22N2O3/c1-29-23-13-17(7-8-26-23)25-22-12-19-11-21(9-16-5-3-2-4-6-16)30-24(28)14-18(19)10-20(22)15-27-25/h2-8,10,12-13,21H,9,11,14-15H2,1H3. The van der Waals surface area contributed by atoms with Crippen LogP contribution in [0.1, 0.15) is 33.4 Å². The molecule has 0 radical (unpaired) electrons. The van der Waals surface area contributed by atoms with Crippen LogP contribution < -0.4 is 4.74 Å². The number of fused-ring (bicyclic) bond motifs is 2. The summed E-state index contributed by atoms with van der Waals surface area (Å²) in [6.07, 6.45) is 3.30. The van der Waals surface area contributed by atoms with Gasteiger partial charge in [-0.05, 0) is 34.4 Å². The number of ether oxygens (including phenoxy) is 2. The van der Waals surface area contributed by atoms with Gasteiger partial charge in [0.25, 0.3) is 0 Å². The summed E-state index contributed by atoms with van der Waals surface area (Å²) in [4.78, 5) is 21.4. The Labute approximate surface area is 175 Å². The van der Waals surface area contributed by atoms with E-state index in [4.69, 9.17) is 14.5 Å². The van der Waals surface area contributed by atoms with Crippen molar-refractivity contribution < 1.29 is 14.3 Å². The Hall–Kier alpha value is -3.47. The number of hydrogen-bond donors (Lipinski definition) is 0. The number of cyclic esters (lactones) is 1. The van der Waals surface area contributed by atoms with Crippen molar-refractivity contribution in [1.29, 1.82) is 0 Å². The Morgan fingerprint density at radius 2 is 1.93 bits per heavy atom. The molecule has 0 aliphatic carbocycles. The van der Waals surface area contributed by atoms with Crippen molar-refractivity contribution in [3.63, 3.8) is 0 Å². The minimum absolute atomic E-state index is 0.160. The molecule has 2 aliphatic heterocycles. The highest BCUT2D eigenvalue weighted by Gasteiger charge is 2.27. The second kappa shape index (κ2) is 7.75. The van der Waals surface area contributed by atoms with Crippen molar-refractivity contribution in [2.75, 3.05) is 7.11 Å². The molecule has 2 aliphatic rings. The average Bonchev–Trinajstić information content (AvgIpc) is 3.10. The first kappa shape index (κ1) is 18.6. The van der Waals surface area contributed by atoms with Crippen LogP contribution in [0.15, 0.2) is 65.8 Å². The molecule has 5 heteroatoms. The lowest BCUT2D eigenvalue weighted by Crippen LogP contribution is -2.21. The predicted octanol–water partition coefficient (Wildman–Crippen LogP) is 3.69. The number of carbonyl (C=O) groups excluding carboxylic acids is 1. The monoisotopic (exact) mass is 398 g/mol. The number of nitrogens with zero attached hydrogens (tertiary/aromatic N) is 2. The second-order valence-electron chi connectivity index (χ2n) is 7.71. The number of pyridine rings is 1. The molecule has 0 N–H and O–H groups in total. The lowest BCUT2D eigenvalue weighted by atomic mass is 9.91. The fourth-order valence-corrected chi connectivity index (χ4v) is 4.27. The summed E-state index contributed by atoms with van der Waals surface area (Å²) in [6.45, 7) is 0.616. The zero-order valence-electron chi connectivity index (χ0n) is 16.8. The molecule has 0 saturated heterocycles. The first-order chi connectivity index (χ1) is 14.7. The maximum Gasteiger partial charge on any atom is 0.310 e. The lowest BCUT2D eigenvalue weighted by molar-refractivity contribution is -0.147. The molecule has 0 saturated carbocycles. The number of rotatable bonds is 4. The van der Waals surface area contributed by atoms with Gasteiger partial charge in [0.05, 0.1) is 25.8 Å². The van der Waals surface area contributed by atoms with Crippen LogP contribution >= 0.6 is 0 Å². The van der Waals surface area contributed by atoms with Crippen molar-refractivity contribution in [2.45, 2.75) is 31.9 Å². The van der Waals surface area contributed by atoms with Crippen LogP contribution in [0.4, 0.5) is 0 Å². The van der Waals surface area contributed by atoms with Gasteiger partial charge in [-0.15, -0.1) is 0 Å². The molecule has 0 bridgehead atoms. The summed E-state index contributed by atoms with van der Waals surface area (Å²) < 4.78 is 11.0. The highest BCUT2D eigenvalue weighted by molar-refractivity contribution is 6.15. The Morgan fingerprint density at radius 3 is 2.77 bits per heavy atom. The van der Waals surface area contributed by atoms with Gasteiger partial charge >= 0.3 is 5.97 Å². The number of carbonyl (C=O) groups is 1. The molecule has 0 spiro atoms. The fourth-order valence-electron chi connectivity index (χ4n) is 4.27. The number of esters is 1. The van der Waals surface area contributed by atoms with Crippen LogP contribution in [0, 0.1) is 0 Å². The van der Waals surface area contributed by atoms with E-state index in [1.165, 1.54) is 5.56 Å². The van der Waals surface area contributed by atoms with Gasteiger partial charge < -0.3 is 9.47 Å². The molecule has 3 heterocycles. The van der Waals surface area contributed by atoms with Crippen molar-refractivity contribution >= 4 is 11.7 Å². The minimum atomic E-state index is -0.165. The molecular weight excluding hydrogens is 376 g/mol. The SMILES string of the molecule is COc1cc(C2=NCc3cc4c(cc32)CC(Cc2ccccc2)OC(=O)C4)ccn1. The number of hydrogen-bond acceptors (Lipinski definition) is 5. The maximum absolute atomic E-state index is 12.4. The van der Waals surface area contributed by atoms with Gasteiger partial charge in [0, 0.05) is 36.2 Å². The first-order valence-corrected chi connectivity index (χ1v) is 10.1. The molecule has 150 valence electrons. The topological polar surface area (TPSA) is 60.8 Å². The summed E-state index contributed by atoms with van der Waals surface area (Å²) in [5.41, 5.74) is 7.59. The Balaban J connectivity index is 1.48. The van der Waals surface area contributed by atoms with Gasteiger partial charge in [-0.25, -0.2) is 4.98 Å². The molecule has 0 fully saturated rings. The summed E-state index contributed by atoms with van der Waals surface area (Å²) in [5, 5.41) is 0. The van der Waals surface area contributed by atoms with Gasteiger partial charge in [0.15, 0.2) is 0 Å². The van der Waals surface area contributed by atoms with Crippen LogP contribution in [0.5, 0.6) is 5.88 Å². The van der Waals surface area contributed by atoms with Crippen LogP contribution in [-0.2, 0) is 35.3 Å². The van der Waals surface area contributed by atoms with Gasteiger partial charge in [0.1, 0.15) is 6.10 Å². The van der Waals surface area contributed by atoms with Gasteiger partial charge in [-0.3, -0.25) is 9.79 Å². The molecule has 5 rings (SSSR count). The molecule has 0 amide bonds. The van der Waals surface area contributed by atoms with Crippen LogP contribution in [0.25, 0.3) is 0 Å². The van der Waals surface area contributed by atoms with Crippen LogP contribution in [0.3, 0.4) is 0 Å². The van der Waals surface area contributed by atoms with E-state index in [9.17, 15) is 4.79 Å². The summed E-state index contributed by atoms with van der Waals surface area (Å²) >= 11 is 0. The largest absolute Gasteiger partial charge is 0.481 e. The highest BCUT2D eigenvalue weighted by atomic mass is 16.5. The molecule has 2 aromatic carbocycles. The van der Waals surface area contributed by atoms with E-state index in [2.05, 4.69) is 29.2 Å². The van der Waals surface area contributed by atoms with Crippen molar-refractivity contribution in [2.24, 2.45) is 4.99 Å². The molecule has 5 nitrogen and oxygen atoms in total. The highest BCUT2D eigenvalue weighted by Crippen LogP contribution is 2.30. The normalized spacial score (nSPS) is 17.4. The first-order valence-electron chi connectivity index (χ1n) is 10.1. The van der Waals surface area contributed by atoms with Gasteiger partial charge in [0.2, 0.25) is 5.88 Å².